The Kier molecular flexibility index (Phi) is 7.79. The van der Waals surface area contributed by atoms with Gasteiger partial charge in [-0.3, -0.25) is 9.59 Å². The van der Waals surface area contributed by atoms with Crippen molar-refractivity contribution in [3.63, 3.8) is 0 Å². The number of benzene rings is 2. The predicted molar refractivity (Wildman–Crippen MR) is 117 cm³/mol. The fourth-order valence-corrected chi connectivity index (χ4v) is 3.49. The Balaban J connectivity index is 1.55. The summed E-state index contributed by atoms with van der Waals surface area (Å²) < 4.78 is 1.84. The summed E-state index contributed by atoms with van der Waals surface area (Å²) in [7, 11) is 0. The number of carbonyl (C=O) groups excluding carboxylic acids is 2. The number of rotatable bonds is 10. The van der Waals surface area contributed by atoms with E-state index in [0.717, 1.165) is 5.56 Å². The number of hydrogen-bond donors (Lipinski definition) is 2. The van der Waals surface area contributed by atoms with E-state index in [4.69, 9.17) is 0 Å². The van der Waals surface area contributed by atoms with E-state index in [1.165, 1.54) is 11.8 Å². The second kappa shape index (κ2) is 11.0. The summed E-state index contributed by atoms with van der Waals surface area (Å²) >= 11 is 1.30. The molecule has 0 fully saturated rings. The summed E-state index contributed by atoms with van der Waals surface area (Å²) in [6.07, 6.45) is 1.73. The lowest BCUT2D eigenvalue weighted by atomic mass is 10.2. The molecule has 0 atom stereocenters. The highest BCUT2D eigenvalue weighted by Crippen LogP contribution is 2.17. The van der Waals surface area contributed by atoms with E-state index in [1.54, 1.807) is 18.2 Å². The van der Waals surface area contributed by atoms with Crippen LogP contribution in [0, 0.1) is 0 Å². The van der Waals surface area contributed by atoms with E-state index >= 15 is 0 Å². The molecule has 0 saturated carbocycles. The van der Waals surface area contributed by atoms with Gasteiger partial charge >= 0.3 is 0 Å². The average Bonchev–Trinajstić information content (AvgIpc) is 3.17. The third-order valence-corrected chi connectivity index (χ3v) is 5.18. The fraction of sp³-hybridized carbons (Fsp3) is 0.182. The molecule has 0 aliphatic carbocycles. The number of nitrogens with zero attached hydrogens (tertiary/aromatic N) is 3. The molecule has 2 N–H and O–H groups in total. The van der Waals surface area contributed by atoms with Crippen molar-refractivity contribution >= 4 is 23.6 Å². The fourth-order valence-electron chi connectivity index (χ4n) is 2.70. The van der Waals surface area contributed by atoms with Crippen LogP contribution in [0.3, 0.4) is 0 Å². The quantitative estimate of drug-likeness (QED) is 0.388. The normalized spacial score (nSPS) is 10.4. The molecule has 0 bridgehead atoms. The Morgan fingerprint density at radius 3 is 2.37 bits per heavy atom. The number of aromatic nitrogens is 3. The molecule has 0 aliphatic rings. The smallest absolute Gasteiger partial charge is 0.251 e. The molecule has 0 unspecified atom stereocenters. The monoisotopic (exact) mass is 421 g/mol. The molecule has 154 valence electrons. The highest BCUT2D eigenvalue weighted by Gasteiger charge is 2.14. The number of hydrogen-bond acceptors (Lipinski definition) is 5. The minimum absolute atomic E-state index is 0.0871. The Morgan fingerprint density at radius 1 is 0.967 bits per heavy atom. The highest BCUT2D eigenvalue weighted by molar-refractivity contribution is 7.99. The zero-order valence-electron chi connectivity index (χ0n) is 16.5. The van der Waals surface area contributed by atoms with Crippen molar-refractivity contribution in [3.05, 3.63) is 90.3 Å². The largest absolute Gasteiger partial charge is 0.351 e. The van der Waals surface area contributed by atoms with E-state index in [1.807, 2.05) is 53.1 Å². The van der Waals surface area contributed by atoms with E-state index < -0.39 is 0 Å². The van der Waals surface area contributed by atoms with Gasteiger partial charge in [0.2, 0.25) is 5.91 Å². The van der Waals surface area contributed by atoms with Crippen molar-refractivity contribution in [1.82, 2.24) is 25.4 Å². The summed E-state index contributed by atoms with van der Waals surface area (Å²) in [6.45, 7) is 4.96. The Morgan fingerprint density at radius 2 is 1.67 bits per heavy atom. The lowest BCUT2D eigenvalue weighted by molar-refractivity contribution is -0.118. The standard InChI is InChI=1S/C22H23N5O2S/c1-2-13-27-19(15-24-21(29)18-11-7-4-8-12-18)25-26-22(27)30-16-20(28)23-14-17-9-5-3-6-10-17/h2-12H,1,13-16H2,(H,23,28)(H,24,29). The first-order valence-electron chi connectivity index (χ1n) is 9.47. The van der Waals surface area contributed by atoms with Crippen LogP contribution >= 0.6 is 11.8 Å². The molecule has 7 nitrogen and oxygen atoms in total. The Hall–Kier alpha value is -3.39. The molecule has 2 amide bonds. The number of amides is 2. The zero-order chi connectivity index (χ0) is 21.2. The summed E-state index contributed by atoms with van der Waals surface area (Å²) in [5.41, 5.74) is 1.62. The van der Waals surface area contributed by atoms with E-state index in [0.29, 0.717) is 29.6 Å². The molecule has 3 aromatic rings. The number of allylic oxidation sites excluding steroid dienone is 1. The molecular weight excluding hydrogens is 398 g/mol. The first-order valence-corrected chi connectivity index (χ1v) is 10.5. The van der Waals surface area contributed by atoms with Gasteiger partial charge in [-0.15, -0.1) is 16.8 Å². The van der Waals surface area contributed by atoms with Crippen LogP contribution in [0.5, 0.6) is 0 Å². The van der Waals surface area contributed by atoms with E-state index in [2.05, 4.69) is 27.4 Å². The van der Waals surface area contributed by atoms with Gasteiger partial charge in [-0.25, -0.2) is 0 Å². The molecule has 2 aromatic carbocycles. The van der Waals surface area contributed by atoms with Crippen molar-refractivity contribution in [2.45, 2.75) is 24.8 Å². The lowest BCUT2D eigenvalue weighted by Crippen LogP contribution is -2.25. The van der Waals surface area contributed by atoms with Crippen LogP contribution in [-0.2, 0) is 24.4 Å². The van der Waals surface area contributed by atoms with Crippen molar-refractivity contribution in [2.24, 2.45) is 0 Å². The van der Waals surface area contributed by atoms with Crippen molar-refractivity contribution in [2.75, 3.05) is 5.75 Å². The van der Waals surface area contributed by atoms with Crippen molar-refractivity contribution in [3.8, 4) is 0 Å². The molecule has 1 aromatic heterocycles. The zero-order valence-corrected chi connectivity index (χ0v) is 17.3. The van der Waals surface area contributed by atoms with Crippen molar-refractivity contribution < 1.29 is 9.59 Å². The first kappa shape index (κ1) is 21.3. The maximum Gasteiger partial charge on any atom is 0.251 e. The average molecular weight is 422 g/mol. The summed E-state index contributed by atoms with van der Waals surface area (Å²) in [6, 6.07) is 18.7. The topological polar surface area (TPSA) is 88.9 Å². The van der Waals surface area contributed by atoms with Gasteiger partial charge < -0.3 is 15.2 Å². The predicted octanol–water partition coefficient (Wildman–Crippen LogP) is 2.80. The molecule has 0 radical (unpaired) electrons. The maximum absolute atomic E-state index is 12.3. The minimum Gasteiger partial charge on any atom is -0.351 e. The first-order chi connectivity index (χ1) is 14.7. The van der Waals surface area contributed by atoms with Crippen LogP contribution in [0.25, 0.3) is 0 Å². The lowest BCUT2D eigenvalue weighted by Gasteiger charge is -2.09. The Bertz CT molecular complexity index is 989. The summed E-state index contributed by atoms with van der Waals surface area (Å²) in [5.74, 6) is 0.555. The molecule has 8 heteroatoms. The van der Waals surface area contributed by atoms with Crippen LogP contribution in [0.2, 0.25) is 0 Å². The van der Waals surface area contributed by atoms with Gasteiger partial charge in [-0.05, 0) is 17.7 Å². The number of nitrogens with one attached hydrogen (secondary N) is 2. The van der Waals surface area contributed by atoms with Crippen LogP contribution in [0.15, 0.2) is 78.5 Å². The van der Waals surface area contributed by atoms with E-state index in [-0.39, 0.29) is 24.1 Å². The highest BCUT2D eigenvalue weighted by atomic mass is 32.2. The molecule has 3 rings (SSSR count). The third-order valence-electron chi connectivity index (χ3n) is 4.21. The Labute approximate surface area is 179 Å². The number of carbonyl (C=O) groups is 2. The second-order valence-electron chi connectivity index (χ2n) is 6.40. The van der Waals surface area contributed by atoms with Crippen LogP contribution < -0.4 is 10.6 Å². The van der Waals surface area contributed by atoms with Crippen molar-refractivity contribution in [1.29, 1.82) is 0 Å². The van der Waals surface area contributed by atoms with Gasteiger partial charge in [0.25, 0.3) is 5.91 Å². The molecular formula is C22H23N5O2S. The summed E-state index contributed by atoms with van der Waals surface area (Å²) in [4.78, 5) is 24.4. The molecule has 0 saturated heterocycles. The maximum atomic E-state index is 12.3. The van der Waals surface area contributed by atoms with Gasteiger partial charge in [-0.2, -0.15) is 0 Å². The van der Waals surface area contributed by atoms with Gasteiger partial charge in [0, 0.05) is 18.7 Å². The van der Waals surface area contributed by atoms with E-state index in [9.17, 15) is 9.59 Å². The molecule has 1 heterocycles. The molecule has 30 heavy (non-hydrogen) atoms. The van der Waals surface area contributed by atoms with Gasteiger partial charge in [0.1, 0.15) is 0 Å². The van der Waals surface area contributed by atoms with Crippen LogP contribution in [0.4, 0.5) is 0 Å². The third kappa shape index (κ3) is 6.05. The van der Waals surface area contributed by atoms with Crippen LogP contribution in [-0.4, -0.2) is 32.3 Å². The summed E-state index contributed by atoms with van der Waals surface area (Å²) in [5, 5.41) is 14.7. The van der Waals surface area contributed by atoms with Gasteiger partial charge in [0.15, 0.2) is 11.0 Å². The van der Waals surface area contributed by atoms with Gasteiger partial charge in [0.05, 0.1) is 12.3 Å². The second-order valence-corrected chi connectivity index (χ2v) is 7.34. The van der Waals surface area contributed by atoms with Gasteiger partial charge in [-0.1, -0.05) is 66.4 Å². The van der Waals surface area contributed by atoms with Crippen LogP contribution in [0.1, 0.15) is 21.7 Å². The number of thioether (sulfide) groups is 1. The molecule has 0 aliphatic heterocycles. The minimum atomic E-state index is -0.182. The SMILES string of the molecule is C=CCn1c(CNC(=O)c2ccccc2)nnc1SCC(=O)NCc1ccccc1. The molecule has 0 spiro atoms.